The third-order valence-corrected chi connectivity index (χ3v) is 10.9. The van der Waals surface area contributed by atoms with E-state index in [1.54, 1.807) is 0 Å². The van der Waals surface area contributed by atoms with Crippen LogP contribution in [-0.2, 0) is 14.3 Å². The summed E-state index contributed by atoms with van der Waals surface area (Å²) in [5.41, 5.74) is 3.07. The number of hydrogen-bond acceptors (Lipinski definition) is 6. The molecule has 3 aliphatic carbocycles. The van der Waals surface area contributed by atoms with Crippen LogP contribution in [-0.4, -0.2) is 58.9 Å². The highest BCUT2D eigenvalue weighted by atomic mass is 16.6. The Hall–Kier alpha value is -1.47. The van der Waals surface area contributed by atoms with E-state index in [4.69, 9.17) is 14.6 Å². The Kier molecular flexibility index (Phi) is 8.98. The van der Waals surface area contributed by atoms with Gasteiger partial charge in [-0.3, -0.25) is 4.79 Å². The van der Waals surface area contributed by atoms with Gasteiger partial charge in [0.1, 0.15) is 18.3 Å². The molecule has 0 spiro atoms. The predicted molar refractivity (Wildman–Crippen MR) is 148 cm³/mol. The monoisotopic (exact) mass is 530 g/mol. The van der Waals surface area contributed by atoms with E-state index >= 15 is 0 Å². The molecule has 4 rings (SSSR count). The molecule has 1 unspecified atom stereocenters. The summed E-state index contributed by atoms with van der Waals surface area (Å²) in [5.74, 6) is 1.49. The molecular weight excluding hydrogens is 480 g/mol. The maximum Gasteiger partial charge on any atom is 0.309 e. The minimum atomic E-state index is -0.952. The highest BCUT2D eigenvalue weighted by Crippen LogP contribution is 2.60. The molecule has 214 valence electrons. The fourth-order valence-corrected chi connectivity index (χ4v) is 7.98. The number of ether oxygens (including phenoxy) is 2. The van der Waals surface area contributed by atoms with Crippen LogP contribution in [0.4, 0.5) is 0 Å². The summed E-state index contributed by atoms with van der Waals surface area (Å²) in [7, 11) is 0. The van der Waals surface area contributed by atoms with Gasteiger partial charge in [-0.1, -0.05) is 58.9 Å². The Labute approximate surface area is 229 Å². The van der Waals surface area contributed by atoms with Gasteiger partial charge < -0.3 is 24.8 Å². The van der Waals surface area contributed by atoms with Crippen LogP contribution in [0.1, 0.15) is 86.0 Å². The Morgan fingerprint density at radius 3 is 2.61 bits per heavy atom. The number of aliphatic hydroxyl groups is 3. The van der Waals surface area contributed by atoms with Crippen LogP contribution in [0.15, 0.2) is 35.5 Å². The average Bonchev–Trinajstić information content (AvgIpc) is 3.32. The van der Waals surface area contributed by atoms with Crippen LogP contribution in [0.2, 0.25) is 0 Å². The Bertz CT molecular complexity index is 950. The Morgan fingerprint density at radius 1 is 1.21 bits per heavy atom. The van der Waals surface area contributed by atoms with Gasteiger partial charge >= 0.3 is 5.97 Å². The predicted octanol–water partition coefficient (Wildman–Crippen LogP) is 5.12. The van der Waals surface area contributed by atoms with Gasteiger partial charge in [0.2, 0.25) is 0 Å². The molecule has 9 atom stereocenters. The Morgan fingerprint density at radius 2 is 1.95 bits per heavy atom. The van der Waals surface area contributed by atoms with Gasteiger partial charge in [-0.15, -0.1) is 0 Å². The maximum absolute atomic E-state index is 12.3. The lowest BCUT2D eigenvalue weighted by Gasteiger charge is -2.45. The number of cyclic esters (lactones) is 1. The minimum Gasteiger partial charge on any atom is -0.462 e. The molecule has 0 aromatic heterocycles. The number of carbonyl (C=O) groups excluding carboxylic acids is 1. The van der Waals surface area contributed by atoms with Gasteiger partial charge in [-0.25, -0.2) is 0 Å². The number of fused-ring (bicyclic) bond motifs is 1. The van der Waals surface area contributed by atoms with Crippen molar-refractivity contribution in [3.8, 4) is 0 Å². The van der Waals surface area contributed by atoms with E-state index in [0.717, 1.165) is 18.4 Å². The highest BCUT2D eigenvalue weighted by molar-refractivity contribution is 5.75. The second-order valence-corrected chi connectivity index (χ2v) is 13.4. The molecular formula is C32H50O6. The van der Waals surface area contributed by atoms with Gasteiger partial charge in [0.15, 0.2) is 0 Å². The van der Waals surface area contributed by atoms with Crippen molar-refractivity contribution in [2.75, 3.05) is 13.2 Å². The van der Waals surface area contributed by atoms with E-state index in [1.165, 1.54) is 31.3 Å². The third-order valence-electron chi connectivity index (χ3n) is 10.9. The van der Waals surface area contributed by atoms with E-state index < -0.39 is 18.3 Å². The van der Waals surface area contributed by atoms with E-state index in [-0.39, 0.29) is 35.4 Å². The molecule has 38 heavy (non-hydrogen) atoms. The van der Waals surface area contributed by atoms with Gasteiger partial charge in [-0.2, -0.15) is 0 Å². The molecule has 0 aromatic rings. The summed E-state index contributed by atoms with van der Waals surface area (Å²) in [6.07, 6.45) is 9.48. The van der Waals surface area contributed by atoms with Crippen LogP contribution in [0, 0.1) is 34.5 Å². The van der Waals surface area contributed by atoms with Gasteiger partial charge in [0.05, 0.1) is 12.0 Å². The van der Waals surface area contributed by atoms with Gasteiger partial charge in [-0.05, 0) is 79.3 Å². The minimum absolute atomic E-state index is 0.0161. The number of carbonyl (C=O) groups is 1. The zero-order valence-electron chi connectivity index (χ0n) is 24.1. The van der Waals surface area contributed by atoms with E-state index in [1.807, 2.05) is 6.92 Å². The third kappa shape index (κ3) is 5.43. The molecule has 0 bridgehead atoms. The first kappa shape index (κ1) is 29.5. The van der Waals surface area contributed by atoms with Gasteiger partial charge in [0.25, 0.3) is 0 Å². The topological polar surface area (TPSA) is 96.2 Å². The molecule has 1 saturated heterocycles. The highest BCUT2D eigenvalue weighted by Gasteiger charge is 2.53. The fraction of sp³-hybridized carbons (Fsp3) is 0.781. The summed E-state index contributed by atoms with van der Waals surface area (Å²) < 4.78 is 11.5. The summed E-state index contributed by atoms with van der Waals surface area (Å²) >= 11 is 0. The lowest BCUT2D eigenvalue weighted by Crippen LogP contribution is -2.45. The van der Waals surface area contributed by atoms with Crippen LogP contribution < -0.4 is 0 Å². The SMILES string of the molecule is C=C1/C(=C\C=C2/CCC[C@]3(C)[C@@H]([C@H](C)C[C@H]4OC(=O)C(C)C4(C)C)CC[C@@H]23)C[C@@H](O)[C@H](OCCCO)[C@@H]1O. The number of aliphatic hydroxyl groups excluding tert-OH is 3. The number of hydrogen-bond donors (Lipinski definition) is 3. The number of rotatable bonds is 8. The smallest absolute Gasteiger partial charge is 0.309 e. The van der Waals surface area contributed by atoms with E-state index in [2.05, 4.69) is 46.4 Å². The number of esters is 1. The van der Waals surface area contributed by atoms with Crippen molar-refractivity contribution >= 4 is 5.97 Å². The van der Waals surface area contributed by atoms with Crippen molar-refractivity contribution in [2.45, 2.75) is 110 Å². The van der Waals surface area contributed by atoms with E-state index in [9.17, 15) is 15.0 Å². The zero-order valence-corrected chi connectivity index (χ0v) is 24.1. The summed E-state index contributed by atoms with van der Waals surface area (Å²) in [5, 5.41) is 30.4. The first-order valence-corrected chi connectivity index (χ1v) is 14.8. The van der Waals surface area contributed by atoms with Crippen LogP contribution >= 0.6 is 0 Å². The molecule has 1 aliphatic heterocycles. The van der Waals surface area contributed by atoms with Crippen molar-refractivity contribution in [3.05, 3.63) is 35.5 Å². The molecule has 6 heteroatoms. The standard InChI is InChI=1S/C32H50O6/c1-19(17-27-31(4,5)21(3)30(36)38-27)24-12-13-25-22(9-7-14-32(24,25)6)10-11-23-18-26(34)29(28(35)20(23)2)37-16-8-15-33/h10-11,19,21,24-29,33-35H,2,7-9,12-18H2,1,3-6H3/b22-10+,23-11-/t19-,21?,24-,25+,26-,27-,28-,29+,32-/m1/s1. The number of allylic oxidation sites excluding steroid dienone is 3. The van der Waals surface area contributed by atoms with Crippen LogP contribution in [0.25, 0.3) is 0 Å². The van der Waals surface area contributed by atoms with Crippen molar-refractivity contribution in [1.29, 1.82) is 0 Å². The summed E-state index contributed by atoms with van der Waals surface area (Å²) in [4.78, 5) is 12.3. The molecule has 3 N–H and O–H groups in total. The normalized spacial score (nSPS) is 41.9. The average molecular weight is 531 g/mol. The molecule has 3 saturated carbocycles. The second-order valence-electron chi connectivity index (χ2n) is 13.4. The largest absolute Gasteiger partial charge is 0.462 e. The fourth-order valence-electron chi connectivity index (χ4n) is 7.98. The van der Waals surface area contributed by atoms with Crippen molar-refractivity contribution in [2.24, 2.45) is 34.5 Å². The molecule has 0 aromatic carbocycles. The molecule has 6 nitrogen and oxygen atoms in total. The van der Waals surface area contributed by atoms with Gasteiger partial charge in [0, 0.05) is 25.0 Å². The molecule has 4 fully saturated rings. The lowest BCUT2D eigenvalue weighted by atomic mass is 9.60. The van der Waals surface area contributed by atoms with Crippen LogP contribution in [0.3, 0.4) is 0 Å². The first-order valence-electron chi connectivity index (χ1n) is 14.8. The zero-order chi connectivity index (χ0) is 27.8. The van der Waals surface area contributed by atoms with E-state index in [0.29, 0.717) is 42.8 Å². The lowest BCUT2D eigenvalue weighted by molar-refractivity contribution is -0.144. The van der Waals surface area contributed by atoms with Crippen molar-refractivity contribution in [3.63, 3.8) is 0 Å². The quantitative estimate of drug-likeness (QED) is 0.298. The molecule has 1 heterocycles. The Balaban J connectivity index is 1.45. The maximum atomic E-state index is 12.3. The first-order chi connectivity index (χ1) is 17.9. The second kappa shape index (κ2) is 11.6. The van der Waals surface area contributed by atoms with Crippen molar-refractivity contribution in [1.82, 2.24) is 0 Å². The molecule has 0 radical (unpaired) electrons. The molecule has 0 amide bonds. The van der Waals surface area contributed by atoms with Crippen LogP contribution in [0.5, 0.6) is 0 Å². The van der Waals surface area contributed by atoms with Crippen molar-refractivity contribution < 1.29 is 29.6 Å². The summed E-state index contributed by atoms with van der Waals surface area (Å²) in [6, 6.07) is 0. The molecule has 4 aliphatic rings. The summed E-state index contributed by atoms with van der Waals surface area (Å²) in [6.45, 7) is 15.6.